The van der Waals surface area contributed by atoms with Crippen LogP contribution < -0.4 is 10.6 Å². The summed E-state index contributed by atoms with van der Waals surface area (Å²) in [6.45, 7) is 1.68. The minimum atomic E-state index is -0.409. The van der Waals surface area contributed by atoms with Gasteiger partial charge in [-0.3, -0.25) is 4.79 Å². The van der Waals surface area contributed by atoms with Crippen molar-refractivity contribution < 1.29 is 9.18 Å². The highest BCUT2D eigenvalue weighted by Gasteiger charge is 2.29. The lowest BCUT2D eigenvalue weighted by atomic mass is 10.0. The van der Waals surface area contributed by atoms with Crippen molar-refractivity contribution in [2.75, 3.05) is 12.4 Å². The van der Waals surface area contributed by atoms with Gasteiger partial charge in [0.1, 0.15) is 17.5 Å². The van der Waals surface area contributed by atoms with E-state index in [2.05, 4.69) is 26.7 Å². The predicted octanol–water partition coefficient (Wildman–Crippen LogP) is 5.04. The van der Waals surface area contributed by atoms with Gasteiger partial charge in [0.15, 0.2) is 0 Å². The van der Waals surface area contributed by atoms with E-state index in [4.69, 9.17) is 4.98 Å². The molecule has 3 N–H and O–H groups in total. The van der Waals surface area contributed by atoms with Gasteiger partial charge in [-0.1, -0.05) is 24.3 Å². The molecule has 0 aliphatic heterocycles. The molecule has 2 heterocycles. The Kier molecular flexibility index (Phi) is 5.54. The van der Waals surface area contributed by atoms with Gasteiger partial charge in [-0.25, -0.2) is 14.4 Å². The summed E-state index contributed by atoms with van der Waals surface area (Å²) in [7, 11) is 1.82. The number of nitrogens with one attached hydrogen (secondary N) is 3. The summed E-state index contributed by atoms with van der Waals surface area (Å²) in [4.78, 5) is 25.9. The largest absolute Gasteiger partial charge is 0.373 e. The predicted molar refractivity (Wildman–Crippen MR) is 127 cm³/mol. The summed E-state index contributed by atoms with van der Waals surface area (Å²) in [5.74, 6) is 1.16. The van der Waals surface area contributed by atoms with Gasteiger partial charge in [-0.15, -0.1) is 0 Å². The van der Waals surface area contributed by atoms with Gasteiger partial charge in [0.25, 0.3) is 5.91 Å². The number of aromatic amines is 1. The molecule has 2 aromatic heterocycles. The van der Waals surface area contributed by atoms with E-state index in [0.29, 0.717) is 17.9 Å². The maximum absolute atomic E-state index is 14.1. The molecule has 5 rings (SSSR count). The van der Waals surface area contributed by atoms with Gasteiger partial charge >= 0.3 is 0 Å². The van der Waals surface area contributed by atoms with E-state index in [1.54, 1.807) is 19.1 Å². The van der Waals surface area contributed by atoms with Crippen LogP contribution >= 0.6 is 0 Å². The molecule has 6 nitrogen and oxygen atoms in total. The molecule has 0 bridgehead atoms. The number of anilines is 1. The molecule has 168 valence electrons. The Labute approximate surface area is 191 Å². The van der Waals surface area contributed by atoms with E-state index in [9.17, 15) is 9.18 Å². The van der Waals surface area contributed by atoms with Crippen molar-refractivity contribution in [1.29, 1.82) is 0 Å². The molecule has 2 aromatic carbocycles. The van der Waals surface area contributed by atoms with Crippen LogP contribution in [0.1, 0.15) is 57.8 Å². The van der Waals surface area contributed by atoms with Crippen LogP contribution in [0.2, 0.25) is 0 Å². The van der Waals surface area contributed by atoms with Crippen LogP contribution in [-0.2, 0) is 6.42 Å². The maximum atomic E-state index is 14.1. The highest BCUT2D eigenvalue weighted by molar-refractivity contribution is 5.94. The van der Waals surface area contributed by atoms with Gasteiger partial charge < -0.3 is 15.6 Å². The lowest BCUT2D eigenvalue weighted by Gasteiger charge is -2.20. The van der Waals surface area contributed by atoms with E-state index in [1.807, 2.05) is 37.5 Å². The normalized spacial score (nSPS) is 14.3. The summed E-state index contributed by atoms with van der Waals surface area (Å²) < 4.78 is 14.1. The smallest absolute Gasteiger partial charge is 0.251 e. The summed E-state index contributed by atoms with van der Waals surface area (Å²) in [5.41, 5.74) is 3.64. The fourth-order valence-corrected chi connectivity index (χ4v) is 4.04. The number of aromatic nitrogens is 3. The lowest BCUT2D eigenvalue weighted by Crippen LogP contribution is -2.31. The third kappa shape index (κ3) is 4.44. The number of para-hydroxylation sites is 1. The molecule has 0 radical (unpaired) electrons. The highest BCUT2D eigenvalue weighted by Crippen LogP contribution is 2.39. The Morgan fingerprint density at radius 1 is 1.18 bits per heavy atom. The van der Waals surface area contributed by atoms with Crippen LogP contribution in [0.3, 0.4) is 0 Å². The maximum Gasteiger partial charge on any atom is 0.251 e. The quantitative estimate of drug-likeness (QED) is 0.374. The zero-order valence-corrected chi connectivity index (χ0v) is 18.7. The second-order valence-corrected chi connectivity index (χ2v) is 8.61. The fourth-order valence-electron chi connectivity index (χ4n) is 4.04. The van der Waals surface area contributed by atoms with Gasteiger partial charge in [0.05, 0.1) is 11.7 Å². The van der Waals surface area contributed by atoms with E-state index < -0.39 is 11.9 Å². The second-order valence-electron chi connectivity index (χ2n) is 8.61. The highest BCUT2D eigenvalue weighted by atomic mass is 19.1. The molecule has 1 unspecified atom stereocenters. The van der Waals surface area contributed by atoms with Crippen molar-refractivity contribution >= 4 is 22.6 Å². The number of fused-ring (bicyclic) bond motifs is 1. The first-order chi connectivity index (χ1) is 16.0. The minimum Gasteiger partial charge on any atom is -0.373 e. The number of halogens is 1. The number of benzene rings is 2. The Morgan fingerprint density at radius 2 is 2.00 bits per heavy atom. The number of carbonyl (C=O) groups excluding carboxylic acids is 1. The van der Waals surface area contributed by atoms with Crippen molar-refractivity contribution in [3.63, 3.8) is 0 Å². The molecule has 0 spiro atoms. The molecule has 7 heteroatoms. The molecule has 0 saturated heterocycles. The molecule has 1 amide bonds. The van der Waals surface area contributed by atoms with Crippen LogP contribution in [0.5, 0.6) is 0 Å². The van der Waals surface area contributed by atoms with E-state index in [-0.39, 0.29) is 11.5 Å². The molecular weight excluding hydrogens is 417 g/mol. The lowest BCUT2D eigenvalue weighted by molar-refractivity contribution is 0.0935. The van der Waals surface area contributed by atoms with Crippen LogP contribution in [0.25, 0.3) is 10.9 Å². The first-order valence-corrected chi connectivity index (χ1v) is 11.2. The number of carbonyl (C=O) groups is 1. The standard InChI is InChI=1S/C26H26FN5O/c1-15-7-8-17(11-20(15)27)26(33)31-22(12-18-14-29-21-6-4-3-5-19(18)21)23-13-24(28-2)32-25(30-23)16-9-10-16/h3-8,11,13-14,16,22,29H,9-10,12H2,1-2H3,(H,31,33)(H,28,30,32). The van der Waals surface area contributed by atoms with Gasteiger partial charge in [0.2, 0.25) is 0 Å². The van der Waals surface area contributed by atoms with Gasteiger partial charge in [-0.2, -0.15) is 0 Å². The first-order valence-electron chi connectivity index (χ1n) is 11.2. The third-order valence-corrected chi connectivity index (χ3v) is 6.16. The summed E-state index contributed by atoms with van der Waals surface area (Å²) in [6.07, 6.45) is 4.66. The number of hydrogen-bond acceptors (Lipinski definition) is 4. The van der Waals surface area contributed by atoms with Crippen molar-refractivity contribution in [2.24, 2.45) is 0 Å². The van der Waals surface area contributed by atoms with Crippen LogP contribution in [0.15, 0.2) is 54.7 Å². The summed E-state index contributed by atoms with van der Waals surface area (Å²) in [6, 6.07) is 14.1. The number of aryl methyl sites for hydroxylation is 1. The van der Waals surface area contributed by atoms with Crippen molar-refractivity contribution in [3.05, 3.63) is 88.8 Å². The van der Waals surface area contributed by atoms with Crippen LogP contribution in [0.4, 0.5) is 10.2 Å². The topological polar surface area (TPSA) is 82.7 Å². The Balaban J connectivity index is 1.52. The molecule has 1 fully saturated rings. The Morgan fingerprint density at radius 3 is 2.76 bits per heavy atom. The Hall–Kier alpha value is -3.74. The molecule has 1 aliphatic rings. The van der Waals surface area contributed by atoms with Gasteiger partial charge in [-0.05, 0) is 49.1 Å². The SMILES string of the molecule is CNc1cc(C(Cc2c[nH]c3ccccc23)NC(=O)c2ccc(C)c(F)c2)nc(C2CC2)n1. The summed E-state index contributed by atoms with van der Waals surface area (Å²) in [5, 5.41) is 7.31. The molecule has 4 aromatic rings. The van der Waals surface area contributed by atoms with Crippen molar-refractivity contribution in [2.45, 2.75) is 38.1 Å². The number of amides is 1. The van der Waals surface area contributed by atoms with E-state index in [0.717, 1.165) is 46.6 Å². The average Bonchev–Trinajstić information content (AvgIpc) is 3.61. The van der Waals surface area contributed by atoms with E-state index >= 15 is 0 Å². The fraction of sp³-hybridized carbons (Fsp3) is 0.269. The first kappa shape index (κ1) is 21.1. The monoisotopic (exact) mass is 443 g/mol. The van der Waals surface area contributed by atoms with Crippen LogP contribution in [-0.4, -0.2) is 27.9 Å². The minimum absolute atomic E-state index is 0.285. The second kappa shape index (κ2) is 8.65. The molecule has 1 atom stereocenters. The number of nitrogens with zero attached hydrogens (tertiary/aromatic N) is 2. The molecule has 1 aliphatic carbocycles. The van der Waals surface area contributed by atoms with Gasteiger partial charge in [0, 0.05) is 48.1 Å². The average molecular weight is 444 g/mol. The third-order valence-electron chi connectivity index (χ3n) is 6.16. The van der Waals surface area contributed by atoms with Crippen LogP contribution in [0, 0.1) is 12.7 Å². The number of H-pyrrole nitrogens is 1. The number of hydrogen-bond donors (Lipinski definition) is 3. The molecule has 33 heavy (non-hydrogen) atoms. The summed E-state index contributed by atoms with van der Waals surface area (Å²) >= 11 is 0. The molecule has 1 saturated carbocycles. The van der Waals surface area contributed by atoms with E-state index in [1.165, 1.54) is 6.07 Å². The van der Waals surface area contributed by atoms with Crippen molar-refractivity contribution in [3.8, 4) is 0 Å². The molecular formula is C26H26FN5O. The zero-order chi connectivity index (χ0) is 22.9. The Bertz CT molecular complexity index is 1330. The number of rotatable bonds is 7. The van der Waals surface area contributed by atoms with Crippen molar-refractivity contribution in [1.82, 2.24) is 20.3 Å². The zero-order valence-electron chi connectivity index (χ0n) is 18.7.